The summed E-state index contributed by atoms with van der Waals surface area (Å²) in [5, 5.41) is 17.4. The molecule has 0 spiro atoms. The molecule has 0 saturated heterocycles. The smallest absolute Gasteiger partial charge is 0.116 e. The van der Waals surface area contributed by atoms with Gasteiger partial charge in [0, 0.05) is 24.5 Å². The maximum absolute atomic E-state index is 4.62. The van der Waals surface area contributed by atoms with Crippen LogP contribution in [0, 0.1) is 0 Å². The predicted molar refractivity (Wildman–Crippen MR) is 98.4 cm³/mol. The molecule has 0 aliphatic rings. The first kappa shape index (κ1) is 16.3. The van der Waals surface area contributed by atoms with E-state index < -0.39 is 0 Å². The molecule has 0 aliphatic carbocycles. The standard InChI is InChI=1S/C19H21N7/c1-2-9-24-13-17(11-20-24)19-15-26(23-21-19)14-18-8-10-25(22-18)12-16-6-4-3-5-7-16/h3-8,10-11,13,15H,2,9,12,14H2,1H3. The molecule has 1 aromatic carbocycles. The molecule has 132 valence electrons. The van der Waals surface area contributed by atoms with Crippen molar-refractivity contribution in [2.24, 2.45) is 0 Å². The lowest BCUT2D eigenvalue weighted by atomic mass is 10.2. The summed E-state index contributed by atoms with van der Waals surface area (Å²) in [6, 6.07) is 12.3. The van der Waals surface area contributed by atoms with Crippen LogP contribution in [-0.2, 0) is 19.6 Å². The average molecular weight is 347 g/mol. The third kappa shape index (κ3) is 3.72. The zero-order chi connectivity index (χ0) is 17.8. The molecule has 26 heavy (non-hydrogen) atoms. The number of aromatic nitrogens is 7. The number of rotatable bonds is 7. The van der Waals surface area contributed by atoms with E-state index in [-0.39, 0.29) is 0 Å². The summed E-state index contributed by atoms with van der Waals surface area (Å²) in [5.41, 5.74) is 4.00. The molecule has 0 saturated carbocycles. The quantitative estimate of drug-likeness (QED) is 0.516. The molecule has 0 fully saturated rings. The second-order valence-electron chi connectivity index (χ2n) is 6.28. The molecule has 3 heterocycles. The second kappa shape index (κ2) is 7.35. The van der Waals surface area contributed by atoms with Gasteiger partial charge >= 0.3 is 0 Å². The van der Waals surface area contributed by atoms with Crippen LogP contribution in [0.25, 0.3) is 11.3 Å². The van der Waals surface area contributed by atoms with Crippen LogP contribution in [0.4, 0.5) is 0 Å². The van der Waals surface area contributed by atoms with E-state index in [1.165, 1.54) is 5.56 Å². The predicted octanol–water partition coefficient (Wildman–Crippen LogP) is 2.84. The van der Waals surface area contributed by atoms with Gasteiger partial charge in [0.1, 0.15) is 5.69 Å². The highest BCUT2D eigenvalue weighted by molar-refractivity contribution is 5.55. The largest absolute Gasteiger partial charge is 0.272 e. The Hall–Kier alpha value is -3.22. The van der Waals surface area contributed by atoms with E-state index in [0.717, 1.165) is 36.5 Å². The molecule has 0 amide bonds. The van der Waals surface area contributed by atoms with E-state index in [2.05, 4.69) is 39.6 Å². The summed E-state index contributed by atoms with van der Waals surface area (Å²) >= 11 is 0. The van der Waals surface area contributed by atoms with Gasteiger partial charge in [0.25, 0.3) is 0 Å². The van der Waals surface area contributed by atoms with Crippen molar-refractivity contribution in [2.45, 2.75) is 33.0 Å². The van der Waals surface area contributed by atoms with E-state index in [9.17, 15) is 0 Å². The van der Waals surface area contributed by atoms with E-state index >= 15 is 0 Å². The van der Waals surface area contributed by atoms with Crippen LogP contribution >= 0.6 is 0 Å². The van der Waals surface area contributed by atoms with Gasteiger partial charge in [-0.25, -0.2) is 4.68 Å². The molecule has 0 radical (unpaired) electrons. The summed E-state index contributed by atoms with van der Waals surface area (Å²) in [4.78, 5) is 0. The summed E-state index contributed by atoms with van der Waals surface area (Å²) in [7, 11) is 0. The number of nitrogens with zero attached hydrogens (tertiary/aromatic N) is 7. The third-order valence-electron chi connectivity index (χ3n) is 4.13. The van der Waals surface area contributed by atoms with Crippen LogP contribution in [0.5, 0.6) is 0 Å². The highest BCUT2D eigenvalue weighted by Gasteiger charge is 2.08. The average Bonchev–Trinajstić information content (AvgIpc) is 3.38. The summed E-state index contributed by atoms with van der Waals surface area (Å²) < 4.78 is 5.68. The van der Waals surface area contributed by atoms with Gasteiger partial charge < -0.3 is 0 Å². The minimum atomic E-state index is 0.595. The molecule has 0 aliphatic heterocycles. The van der Waals surface area contributed by atoms with Crippen molar-refractivity contribution in [1.29, 1.82) is 0 Å². The van der Waals surface area contributed by atoms with Gasteiger partial charge in [0.2, 0.25) is 0 Å². The van der Waals surface area contributed by atoms with Crippen molar-refractivity contribution in [2.75, 3.05) is 0 Å². The number of aryl methyl sites for hydroxylation is 1. The van der Waals surface area contributed by atoms with Crippen LogP contribution in [0.3, 0.4) is 0 Å². The zero-order valence-corrected chi connectivity index (χ0v) is 14.7. The maximum Gasteiger partial charge on any atom is 0.116 e. The lowest BCUT2D eigenvalue weighted by molar-refractivity contribution is 0.603. The van der Waals surface area contributed by atoms with E-state index in [0.29, 0.717) is 6.54 Å². The highest BCUT2D eigenvalue weighted by Crippen LogP contribution is 2.15. The van der Waals surface area contributed by atoms with Gasteiger partial charge in [-0.2, -0.15) is 10.2 Å². The van der Waals surface area contributed by atoms with Crippen molar-refractivity contribution < 1.29 is 0 Å². The fraction of sp³-hybridized carbons (Fsp3) is 0.263. The Morgan fingerprint density at radius 3 is 2.65 bits per heavy atom. The van der Waals surface area contributed by atoms with Crippen LogP contribution in [0.1, 0.15) is 24.6 Å². The Labute approximate surface area is 151 Å². The third-order valence-corrected chi connectivity index (χ3v) is 4.13. The van der Waals surface area contributed by atoms with Crippen molar-refractivity contribution in [3.63, 3.8) is 0 Å². The van der Waals surface area contributed by atoms with E-state index in [1.807, 2.05) is 63.1 Å². The minimum Gasteiger partial charge on any atom is -0.272 e. The topological polar surface area (TPSA) is 66.3 Å². The van der Waals surface area contributed by atoms with Gasteiger partial charge in [-0.3, -0.25) is 9.36 Å². The molecule has 7 heteroatoms. The molecule has 7 nitrogen and oxygen atoms in total. The Bertz CT molecular complexity index is 965. The fourth-order valence-electron chi connectivity index (χ4n) is 2.87. The summed E-state index contributed by atoms with van der Waals surface area (Å²) in [6.45, 7) is 4.40. The molecule has 0 bridgehead atoms. The van der Waals surface area contributed by atoms with Crippen LogP contribution in [0.15, 0.2) is 61.2 Å². The van der Waals surface area contributed by atoms with Gasteiger partial charge in [0.05, 0.1) is 31.2 Å². The first-order chi connectivity index (χ1) is 12.8. The lowest BCUT2D eigenvalue weighted by Gasteiger charge is -2.01. The Morgan fingerprint density at radius 2 is 1.81 bits per heavy atom. The van der Waals surface area contributed by atoms with Crippen molar-refractivity contribution >= 4 is 0 Å². The van der Waals surface area contributed by atoms with Crippen LogP contribution < -0.4 is 0 Å². The molecule has 3 aromatic heterocycles. The number of hydrogen-bond acceptors (Lipinski definition) is 4. The van der Waals surface area contributed by atoms with Gasteiger partial charge in [-0.05, 0) is 18.1 Å². The molecule has 0 unspecified atom stereocenters. The Balaban J connectivity index is 1.42. The molecule has 0 atom stereocenters. The molecular formula is C19H21N7. The SMILES string of the molecule is CCCn1cc(-c2cn(Cc3ccn(Cc4ccccc4)n3)nn2)cn1. The first-order valence-corrected chi connectivity index (χ1v) is 8.79. The Morgan fingerprint density at radius 1 is 0.923 bits per heavy atom. The summed E-state index contributed by atoms with van der Waals surface area (Å²) in [6.07, 6.45) is 8.82. The van der Waals surface area contributed by atoms with Gasteiger partial charge in [0.15, 0.2) is 0 Å². The van der Waals surface area contributed by atoms with Gasteiger partial charge in [-0.1, -0.05) is 42.5 Å². The van der Waals surface area contributed by atoms with E-state index in [4.69, 9.17) is 0 Å². The zero-order valence-electron chi connectivity index (χ0n) is 14.7. The monoisotopic (exact) mass is 347 g/mol. The normalized spacial score (nSPS) is 11.1. The van der Waals surface area contributed by atoms with E-state index in [1.54, 1.807) is 0 Å². The second-order valence-corrected chi connectivity index (χ2v) is 6.28. The van der Waals surface area contributed by atoms with Gasteiger partial charge in [-0.15, -0.1) is 5.10 Å². The molecule has 4 aromatic rings. The van der Waals surface area contributed by atoms with Crippen molar-refractivity contribution in [3.8, 4) is 11.3 Å². The molecular weight excluding hydrogens is 326 g/mol. The molecule has 0 N–H and O–H groups in total. The van der Waals surface area contributed by atoms with Crippen LogP contribution in [0.2, 0.25) is 0 Å². The van der Waals surface area contributed by atoms with Crippen molar-refractivity contribution in [1.82, 2.24) is 34.6 Å². The first-order valence-electron chi connectivity index (χ1n) is 8.79. The highest BCUT2D eigenvalue weighted by atomic mass is 15.4. The fourth-order valence-corrected chi connectivity index (χ4v) is 2.87. The number of hydrogen-bond donors (Lipinski definition) is 0. The Kier molecular flexibility index (Phi) is 4.59. The molecule has 4 rings (SSSR count). The minimum absolute atomic E-state index is 0.595. The number of benzene rings is 1. The van der Waals surface area contributed by atoms with Crippen molar-refractivity contribution in [3.05, 3.63) is 72.4 Å². The van der Waals surface area contributed by atoms with Crippen LogP contribution in [-0.4, -0.2) is 34.6 Å². The summed E-state index contributed by atoms with van der Waals surface area (Å²) in [5.74, 6) is 0. The maximum atomic E-state index is 4.62. The lowest BCUT2D eigenvalue weighted by Crippen LogP contribution is -2.04.